The molecule has 1 atom stereocenters. The van der Waals surface area contributed by atoms with Crippen molar-refractivity contribution in [2.45, 2.75) is 18.9 Å². The lowest BCUT2D eigenvalue weighted by Crippen LogP contribution is -2.24. The Hall–Kier alpha value is -1.19. The lowest BCUT2D eigenvalue weighted by atomic mass is 9.90. The molecule has 2 nitrogen and oxygen atoms in total. The van der Waals surface area contributed by atoms with Crippen molar-refractivity contribution in [1.29, 1.82) is 0 Å². The molecule has 2 rings (SSSR count). The Morgan fingerprint density at radius 3 is 2.65 bits per heavy atom. The van der Waals surface area contributed by atoms with Gasteiger partial charge in [0.1, 0.15) is 0 Å². The molecule has 1 aromatic heterocycles. The summed E-state index contributed by atoms with van der Waals surface area (Å²) >= 11 is 3.49. The molecule has 0 spiro atoms. The highest BCUT2D eigenvalue weighted by Gasteiger charge is 2.24. The smallest absolute Gasteiger partial charge is 0.0923 e. The molecule has 0 aliphatic heterocycles. The van der Waals surface area contributed by atoms with Crippen LogP contribution in [0.25, 0.3) is 0 Å². The molecule has 0 aliphatic rings. The van der Waals surface area contributed by atoms with E-state index in [9.17, 15) is 5.11 Å². The zero-order valence-electron chi connectivity index (χ0n) is 9.60. The molecule has 1 heterocycles. The fourth-order valence-electron chi connectivity index (χ4n) is 1.80. The molecule has 0 bridgehead atoms. The van der Waals surface area contributed by atoms with Crippen molar-refractivity contribution in [2.24, 2.45) is 0 Å². The van der Waals surface area contributed by atoms with Crippen molar-refractivity contribution in [3.63, 3.8) is 0 Å². The first-order valence-electron chi connectivity index (χ1n) is 5.46. The zero-order valence-corrected chi connectivity index (χ0v) is 11.2. The normalized spacial score (nSPS) is 14.3. The van der Waals surface area contributed by atoms with Crippen LogP contribution in [-0.2, 0) is 12.0 Å². The summed E-state index contributed by atoms with van der Waals surface area (Å²) in [5.74, 6) is 0. The quantitative estimate of drug-likeness (QED) is 0.941. The predicted molar refractivity (Wildman–Crippen MR) is 71.7 cm³/mol. The van der Waals surface area contributed by atoms with Crippen LogP contribution in [0.2, 0.25) is 0 Å². The maximum Gasteiger partial charge on any atom is 0.0923 e. The first kappa shape index (κ1) is 12.3. The van der Waals surface area contributed by atoms with Gasteiger partial charge in [-0.05, 0) is 24.6 Å². The highest BCUT2D eigenvalue weighted by Crippen LogP contribution is 2.27. The van der Waals surface area contributed by atoms with Gasteiger partial charge in [-0.2, -0.15) is 0 Å². The van der Waals surface area contributed by atoms with Gasteiger partial charge in [0, 0.05) is 28.9 Å². The summed E-state index contributed by atoms with van der Waals surface area (Å²) in [6.07, 6.45) is 3.97. The molecule has 0 amide bonds. The van der Waals surface area contributed by atoms with Gasteiger partial charge in [-0.1, -0.05) is 40.2 Å². The van der Waals surface area contributed by atoms with Crippen molar-refractivity contribution in [3.05, 3.63) is 64.4 Å². The first-order chi connectivity index (χ1) is 8.09. The van der Waals surface area contributed by atoms with Crippen molar-refractivity contribution in [2.75, 3.05) is 0 Å². The van der Waals surface area contributed by atoms with Crippen molar-refractivity contribution < 1.29 is 5.11 Å². The third-order valence-electron chi connectivity index (χ3n) is 2.78. The number of hydrogen-bond acceptors (Lipinski definition) is 2. The summed E-state index contributed by atoms with van der Waals surface area (Å²) < 4.78 is 1.02. The van der Waals surface area contributed by atoms with Crippen LogP contribution in [0, 0.1) is 0 Å². The number of aliphatic hydroxyl groups is 1. The second-order valence-electron chi connectivity index (χ2n) is 4.28. The van der Waals surface area contributed by atoms with Crippen molar-refractivity contribution in [1.82, 2.24) is 4.98 Å². The highest BCUT2D eigenvalue weighted by molar-refractivity contribution is 9.10. The minimum atomic E-state index is -0.905. The van der Waals surface area contributed by atoms with Gasteiger partial charge in [0.25, 0.3) is 0 Å². The number of rotatable bonds is 3. The van der Waals surface area contributed by atoms with E-state index in [1.807, 2.05) is 43.3 Å². The van der Waals surface area contributed by atoms with E-state index in [1.165, 1.54) is 0 Å². The van der Waals surface area contributed by atoms with Gasteiger partial charge in [-0.25, -0.2) is 0 Å². The Bertz CT molecular complexity index is 497. The van der Waals surface area contributed by atoms with E-state index in [0.717, 1.165) is 15.6 Å². The molecule has 0 radical (unpaired) electrons. The summed E-state index contributed by atoms with van der Waals surface area (Å²) in [5.41, 5.74) is 1.01. The van der Waals surface area contributed by atoms with Crippen molar-refractivity contribution in [3.8, 4) is 0 Å². The minimum absolute atomic E-state index is 0.556. The fraction of sp³-hybridized carbons (Fsp3) is 0.214. The van der Waals surface area contributed by atoms with Crippen LogP contribution in [0.5, 0.6) is 0 Å². The zero-order chi connectivity index (χ0) is 12.3. The number of nitrogens with zero attached hydrogens (tertiary/aromatic N) is 1. The molecular formula is C14H14BrNO. The molecular weight excluding hydrogens is 278 g/mol. The molecule has 1 aromatic carbocycles. The topological polar surface area (TPSA) is 33.1 Å². The number of halogens is 1. The van der Waals surface area contributed by atoms with E-state index in [4.69, 9.17) is 0 Å². The third-order valence-corrected chi connectivity index (χ3v) is 3.55. The maximum atomic E-state index is 10.5. The summed E-state index contributed by atoms with van der Waals surface area (Å²) in [7, 11) is 0. The van der Waals surface area contributed by atoms with E-state index >= 15 is 0 Å². The number of pyridine rings is 1. The molecule has 0 saturated carbocycles. The molecule has 3 heteroatoms. The molecule has 0 aliphatic carbocycles. The molecule has 1 unspecified atom stereocenters. The second kappa shape index (κ2) is 4.98. The molecule has 88 valence electrons. The summed E-state index contributed by atoms with van der Waals surface area (Å²) in [6, 6.07) is 11.7. The monoisotopic (exact) mass is 291 g/mol. The van der Waals surface area contributed by atoms with Crippen LogP contribution >= 0.6 is 15.9 Å². The summed E-state index contributed by atoms with van der Waals surface area (Å²) in [5, 5.41) is 10.5. The van der Waals surface area contributed by atoms with Gasteiger partial charge < -0.3 is 5.11 Å². The van der Waals surface area contributed by atoms with Gasteiger partial charge in [0.2, 0.25) is 0 Å². The maximum absolute atomic E-state index is 10.5. The van der Waals surface area contributed by atoms with Crippen molar-refractivity contribution >= 4 is 15.9 Å². The third kappa shape index (κ3) is 2.93. The predicted octanol–water partition coefficient (Wildman–Crippen LogP) is 3.29. The Morgan fingerprint density at radius 2 is 2.00 bits per heavy atom. The minimum Gasteiger partial charge on any atom is -0.385 e. The van der Waals surface area contributed by atoms with E-state index < -0.39 is 5.60 Å². The van der Waals surface area contributed by atoms with Crippen LogP contribution in [0.4, 0.5) is 0 Å². The van der Waals surface area contributed by atoms with Gasteiger partial charge in [-0.3, -0.25) is 4.98 Å². The van der Waals surface area contributed by atoms with E-state index in [2.05, 4.69) is 20.9 Å². The fourth-order valence-corrected chi connectivity index (χ4v) is 2.22. The van der Waals surface area contributed by atoms with E-state index in [-0.39, 0.29) is 0 Å². The van der Waals surface area contributed by atoms with Crippen LogP contribution < -0.4 is 0 Å². The molecule has 0 saturated heterocycles. The Balaban J connectivity index is 2.27. The lowest BCUT2D eigenvalue weighted by Gasteiger charge is -2.24. The van der Waals surface area contributed by atoms with E-state index in [0.29, 0.717) is 6.42 Å². The van der Waals surface area contributed by atoms with Gasteiger partial charge in [-0.15, -0.1) is 0 Å². The van der Waals surface area contributed by atoms with Crippen LogP contribution in [-0.4, -0.2) is 10.1 Å². The SMILES string of the molecule is CC(O)(Cc1ccccc1Br)c1cccnc1. The van der Waals surface area contributed by atoms with Crippen LogP contribution in [0.15, 0.2) is 53.3 Å². The second-order valence-corrected chi connectivity index (χ2v) is 5.14. The molecule has 2 aromatic rings. The average molecular weight is 292 g/mol. The Morgan fingerprint density at radius 1 is 1.24 bits per heavy atom. The van der Waals surface area contributed by atoms with Crippen LogP contribution in [0.3, 0.4) is 0 Å². The lowest BCUT2D eigenvalue weighted by molar-refractivity contribution is 0.0571. The number of hydrogen-bond donors (Lipinski definition) is 1. The van der Waals surface area contributed by atoms with Crippen LogP contribution in [0.1, 0.15) is 18.1 Å². The summed E-state index contributed by atoms with van der Waals surface area (Å²) in [4.78, 5) is 4.04. The van der Waals surface area contributed by atoms with Gasteiger partial charge in [0.15, 0.2) is 0 Å². The summed E-state index contributed by atoms with van der Waals surface area (Å²) in [6.45, 7) is 1.81. The number of aromatic nitrogens is 1. The first-order valence-corrected chi connectivity index (χ1v) is 6.25. The van der Waals surface area contributed by atoms with Gasteiger partial charge >= 0.3 is 0 Å². The standard InChI is InChI=1S/C14H14BrNO/c1-14(17,12-6-4-8-16-10-12)9-11-5-2-3-7-13(11)15/h2-8,10,17H,9H2,1H3. The largest absolute Gasteiger partial charge is 0.385 e. The highest BCUT2D eigenvalue weighted by atomic mass is 79.9. The van der Waals surface area contributed by atoms with E-state index in [1.54, 1.807) is 12.4 Å². The average Bonchev–Trinajstić information content (AvgIpc) is 2.33. The van der Waals surface area contributed by atoms with Gasteiger partial charge in [0.05, 0.1) is 5.60 Å². The number of benzene rings is 1. The molecule has 0 fully saturated rings. The molecule has 17 heavy (non-hydrogen) atoms. The Kier molecular flexibility index (Phi) is 3.60. The Labute approximate surface area is 109 Å². The molecule has 1 N–H and O–H groups in total.